The summed E-state index contributed by atoms with van der Waals surface area (Å²) in [5.41, 5.74) is 0.961. The number of rotatable bonds is 9. The minimum atomic E-state index is -0.540. The fourth-order valence-electron chi connectivity index (χ4n) is 3.12. The highest BCUT2D eigenvalue weighted by molar-refractivity contribution is 5.88. The molecule has 156 valence electrons. The summed E-state index contributed by atoms with van der Waals surface area (Å²) in [6.45, 7) is 10.5. The van der Waals surface area contributed by atoms with E-state index in [2.05, 4.69) is 10.2 Å². The summed E-state index contributed by atoms with van der Waals surface area (Å²) in [6.07, 6.45) is 0. The van der Waals surface area contributed by atoms with Gasteiger partial charge in [0, 0.05) is 38.6 Å². The van der Waals surface area contributed by atoms with E-state index in [1.807, 2.05) is 38.1 Å². The fraction of sp³-hybridized carbons (Fsp3) is 0.619. The zero-order valence-electron chi connectivity index (χ0n) is 17.4. The van der Waals surface area contributed by atoms with E-state index in [0.717, 1.165) is 44.2 Å². The summed E-state index contributed by atoms with van der Waals surface area (Å²) >= 11 is 0. The van der Waals surface area contributed by atoms with Crippen molar-refractivity contribution in [2.75, 3.05) is 46.5 Å². The Balaban J connectivity index is 1.95. The molecule has 1 aromatic carbocycles. The molecule has 28 heavy (non-hydrogen) atoms. The second kappa shape index (κ2) is 11.0. The zero-order valence-corrected chi connectivity index (χ0v) is 17.4. The first-order valence-corrected chi connectivity index (χ1v) is 9.93. The van der Waals surface area contributed by atoms with Crippen LogP contribution in [0.25, 0.3) is 0 Å². The van der Waals surface area contributed by atoms with Gasteiger partial charge in [0.25, 0.3) is 0 Å². The number of amides is 2. The molecule has 1 unspecified atom stereocenters. The number of ether oxygens (including phenoxy) is 2. The maximum Gasteiger partial charge on any atom is 0.242 e. The van der Waals surface area contributed by atoms with Crippen LogP contribution in [0.1, 0.15) is 26.3 Å². The second-order valence-corrected chi connectivity index (χ2v) is 7.39. The quantitative estimate of drug-likeness (QED) is 0.691. The normalized spacial score (nSPS) is 15.9. The maximum absolute atomic E-state index is 12.7. The van der Waals surface area contributed by atoms with Crippen LogP contribution in [-0.2, 0) is 20.9 Å². The average Bonchev–Trinajstić information content (AvgIpc) is 2.72. The minimum absolute atomic E-state index is 0.0355. The molecule has 1 heterocycles. The Hall–Kier alpha value is -2.12. The number of benzene rings is 1. The molecule has 0 aliphatic carbocycles. The number of carbonyl (C=O) groups excluding carboxylic acids is 2. The molecule has 2 amide bonds. The van der Waals surface area contributed by atoms with E-state index in [-0.39, 0.29) is 17.7 Å². The van der Waals surface area contributed by atoms with Crippen LogP contribution in [-0.4, -0.2) is 74.2 Å². The van der Waals surface area contributed by atoms with E-state index in [1.165, 1.54) is 0 Å². The van der Waals surface area contributed by atoms with E-state index in [1.54, 1.807) is 18.9 Å². The Morgan fingerprint density at radius 2 is 1.82 bits per heavy atom. The molecule has 1 N–H and O–H groups in total. The Morgan fingerprint density at radius 1 is 1.18 bits per heavy atom. The molecule has 0 radical (unpaired) electrons. The van der Waals surface area contributed by atoms with Gasteiger partial charge in [-0.15, -0.1) is 0 Å². The third-order valence-corrected chi connectivity index (χ3v) is 4.97. The number of carbonyl (C=O) groups is 2. The molecule has 0 saturated carbocycles. The summed E-state index contributed by atoms with van der Waals surface area (Å²) in [4.78, 5) is 29.3. The van der Waals surface area contributed by atoms with Crippen molar-refractivity contribution in [3.8, 4) is 5.75 Å². The van der Waals surface area contributed by atoms with Crippen LogP contribution in [0.3, 0.4) is 0 Å². The van der Waals surface area contributed by atoms with E-state index in [9.17, 15) is 9.59 Å². The lowest BCUT2D eigenvalue weighted by molar-refractivity contribution is -0.143. The molecule has 1 aliphatic heterocycles. The highest BCUT2D eigenvalue weighted by Gasteiger charge is 2.27. The van der Waals surface area contributed by atoms with Gasteiger partial charge in [0.05, 0.1) is 20.3 Å². The fourth-order valence-corrected chi connectivity index (χ4v) is 3.12. The molecular weight excluding hydrogens is 358 g/mol. The molecule has 2 rings (SSSR count). The molecular formula is C21H33N3O4. The monoisotopic (exact) mass is 391 g/mol. The topological polar surface area (TPSA) is 71.1 Å². The van der Waals surface area contributed by atoms with Gasteiger partial charge < -0.3 is 19.7 Å². The van der Waals surface area contributed by atoms with Crippen LogP contribution in [0, 0.1) is 5.92 Å². The molecule has 1 aliphatic rings. The van der Waals surface area contributed by atoms with Gasteiger partial charge in [-0.25, -0.2) is 0 Å². The molecule has 7 heteroatoms. The highest BCUT2D eigenvalue weighted by Crippen LogP contribution is 2.16. The standard InChI is InChI=1S/C21H33N3O4/c1-16(2)21(26)24(15-18-5-7-19(27-4)8-6-18)17(3)20(25)22-9-10-23-11-13-28-14-12-23/h5-8,16-17H,9-15H2,1-4H3,(H,22,25). The summed E-state index contributed by atoms with van der Waals surface area (Å²) in [7, 11) is 1.62. The van der Waals surface area contributed by atoms with Crippen LogP contribution in [0.2, 0.25) is 0 Å². The molecule has 7 nitrogen and oxygen atoms in total. The number of nitrogens with zero attached hydrogens (tertiary/aromatic N) is 2. The molecule has 1 fully saturated rings. The van der Waals surface area contributed by atoms with E-state index >= 15 is 0 Å². The van der Waals surface area contributed by atoms with Gasteiger partial charge in [-0.1, -0.05) is 26.0 Å². The Morgan fingerprint density at radius 3 is 2.39 bits per heavy atom. The van der Waals surface area contributed by atoms with Gasteiger partial charge in [-0.3, -0.25) is 14.5 Å². The first-order valence-electron chi connectivity index (χ1n) is 9.93. The van der Waals surface area contributed by atoms with Crippen molar-refractivity contribution in [2.24, 2.45) is 5.92 Å². The number of hydrogen-bond acceptors (Lipinski definition) is 5. The third-order valence-electron chi connectivity index (χ3n) is 4.97. The summed E-state index contributed by atoms with van der Waals surface area (Å²) in [5.74, 6) is 0.420. The average molecular weight is 392 g/mol. The smallest absolute Gasteiger partial charge is 0.242 e. The lowest BCUT2D eigenvalue weighted by Crippen LogP contribution is -2.50. The number of nitrogens with one attached hydrogen (secondary N) is 1. The van der Waals surface area contributed by atoms with Crippen molar-refractivity contribution in [3.05, 3.63) is 29.8 Å². The molecule has 0 bridgehead atoms. The van der Waals surface area contributed by atoms with Gasteiger partial charge in [0.1, 0.15) is 11.8 Å². The largest absolute Gasteiger partial charge is 0.497 e. The van der Waals surface area contributed by atoms with Gasteiger partial charge in [-0.2, -0.15) is 0 Å². The van der Waals surface area contributed by atoms with Crippen LogP contribution in [0.15, 0.2) is 24.3 Å². The van der Waals surface area contributed by atoms with E-state index < -0.39 is 6.04 Å². The lowest BCUT2D eigenvalue weighted by atomic mass is 10.1. The van der Waals surface area contributed by atoms with Crippen molar-refractivity contribution >= 4 is 11.8 Å². The predicted octanol–water partition coefficient (Wildman–Crippen LogP) is 1.52. The molecule has 0 spiro atoms. The van der Waals surface area contributed by atoms with Gasteiger partial charge in [0.15, 0.2) is 0 Å². The summed E-state index contributed by atoms with van der Waals surface area (Å²) in [5, 5.41) is 2.97. The molecule has 0 aromatic heterocycles. The van der Waals surface area contributed by atoms with Crippen LogP contribution >= 0.6 is 0 Å². The zero-order chi connectivity index (χ0) is 20.5. The van der Waals surface area contributed by atoms with Crippen LogP contribution in [0.5, 0.6) is 5.75 Å². The number of morpholine rings is 1. The SMILES string of the molecule is COc1ccc(CN(C(=O)C(C)C)C(C)C(=O)NCCN2CCOCC2)cc1. The number of methoxy groups -OCH3 is 1. The van der Waals surface area contributed by atoms with E-state index in [0.29, 0.717) is 13.1 Å². The summed E-state index contributed by atoms with van der Waals surface area (Å²) < 4.78 is 10.5. The Kier molecular flexibility index (Phi) is 8.73. The van der Waals surface area contributed by atoms with E-state index in [4.69, 9.17) is 9.47 Å². The molecule has 1 saturated heterocycles. The van der Waals surface area contributed by atoms with Crippen molar-refractivity contribution in [1.82, 2.24) is 15.1 Å². The van der Waals surface area contributed by atoms with Crippen molar-refractivity contribution in [1.29, 1.82) is 0 Å². The number of hydrogen-bond donors (Lipinski definition) is 1. The lowest BCUT2D eigenvalue weighted by Gasteiger charge is -2.31. The van der Waals surface area contributed by atoms with Gasteiger partial charge in [0.2, 0.25) is 11.8 Å². The second-order valence-electron chi connectivity index (χ2n) is 7.39. The molecule has 1 aromatic rings. The third kappa shape index (κ3) is 6.49. The van der Waals surface area contributed by atoms with Crippen molar-refractivity contribution in [3.63, 3.8) is 0 Å². The van der Waals surface area contributed by atoms with Crippen LogP contribution in [0.4, 0.5) is 0 Å². The van der Waals surface area contributed by atoms with Crippen molar-refractivity contribution < 1.29 is 19.1 Å². The highest BCUT2D eigenvalue weighted by atomic mass is 16.5. The van der Waals surface area contributed by atoms with Crippen molar-refractivity contribution in [2.45, 2.75) is 33.4 Å². The van der Waals surface area contributed by atoms with Gasteiger partial charge >= 0.3 is 0 Å². The minimum Gasteiger partial charge on any atom is -0.497 e. The first-order chi connectivity index (χ1) is 13.4. The Bertz CT molecular complexity index is 627. The molecule has 1 atom stereocenters. The summed E-state index contributed by atoms with van der Waals surface area (Å²) in [6, 6.07) is 7.02. The first kappa shape index (κ1) is 22.2. The maximum atomic E-state index is 12.7. The predicted molar refractivity (Wildman–Crippen MR) is 108 cm³/mol. The van der Waals surface area contributed by atoms with Crippen LogP contribution < -0.4 is 10.1 Å². The van der Waals surface area contributed by atoms with Gasteiger partial charge in [-0.05, 0) is 24.6 Å². The Labute approximate surface area is 168 Å².